The van der Waals surface area contributed by atoms with Crippen LogP contribution in [0.3, 0.4) is 0 Å². The lowest BCUT2D eigenvalue weighted by Crippen LogP contribution is -2.44. The number of carbonyl (C=O) groups is 1. The van der Waals surface area contributed by atoms with Crippen molar-refractivity contribution in [3.05, 3.63) is 0 Å². The molecule has 0 aromatic carbocycles. The fourth-order valence-corrected chi connectivity index (χ4v) is 2.45. The lowest BCUT2D eigenvalue weighted by molar-refractivity contribution is -0.137. The summed E-state index contributed by atoms with van der Waals surface area (Å²) in [5, 5.41) is 2.94. The second-order valence-electron chi connectivity index (χ2n) is 5.54. The number of hydrogen-bond acceptors (Lipinski definition) is 3. The summed E-state index contributed by atoms with van der Waals surface area (Å²) >= 11 is 0. The van der Waals surface area contributed by atoms with Crippen LogP contribution in [0.15, 0.2) is 0 Å². The van der Waals surface area contributed by atoms with Crippen molar-refractivity contribution in [2.45, 2.75) is 51.4 Å². The van der Waals surface area contributed by atoms with E-state index in [0.717, 1.165) is 25.9 Å². The normalized spacial score (nSPS) is 27.9. The van der Waals surface area contributed by atoms with Crippen molar-refractivity contribution < 1.29 is 14.3 Å². The smallest absolute Gasteiger partial charge is 0.317 e. The highest BCUT2D eigenvalue weighted by Gasteiger charge is 2.32. The predicted molar refractivity (Wildman–Crippen MR) is 68.3 cm³/mol. The molecule has 5 nitrogen and oxygen atoms in total. The maximum Gasteiger partial charge on any atom is 0.317 e. The van der Waals surface area contributed by atoms with Crippen LogP contribution in [0.1, 0.15) is 39.5 Å². The molecule has 0 aromatic rings. The lowest BCUT2D eigenvalue weighted by atomic mass is 10.2. The van der Waals surface area contributed by atoms with Gasteiger partial charge >= 0.3 is 6.03 Å². The van der Waals surface area contributed by atoms with Gasteiger partial charge in [0, 0.05) is 19.6 Å². The summed E-state index contributed by atoms with van der Waals surface area (Å²) in [6, 6.07) is 0.0326. The van der Waals surface area contributed by atoms with Crippen LogP contribution in [-0.2, 0) is 9.47 Å². The minimum atomic E-state index is -0.516. The Morgan fingerprint density at radius 1 is 1.28 bits per heavy atom. The summed E-state index contributed by atoms with van der Waals surface area (Å²) in [5.41, 5.74) is 0. The molecular weight excluding hydrogens is 232 g/mol. The van der Waals surface area contributed by atoms with Crippen LogP contribution in [0.25, 0.3) is 0 Å². The first-order valence-electron chi connectivity index (χ1n) is 6.91. The molecule has 0 saturated carbocycles. The zero-order chi connectivity index (χ0) is 13.0. The van der Waals surface area contributed by atoms with Gasteiger partial charge in [0.15, 0.2) is 5.79 Å². The van der Waals surface area contributed by atoms with Gasteiger partial charge in [-0.25, -0.2) is 4.79 Å². The molecule has 0 aliphatic carbocycles. The molecule has 0 radical (unpaired) electrons. The van der Waals surface area contributed by atoms with Crippen molar-refractivity contribution >= 4 is 6.03 Å². The average molecular weight is 256 g/mol. The summed E-state index contributed by atoms with van der Waals surface area (Å²) in [7, 11) is 0. The Morgan fingerprint density at radius 2 is 1.94 bits per heavy atom. The summed E-state index contributed by atoms with van der Waals surface area (Å²) in [6.45, 7) is 6.61. The molecule has 0 spiro atoms. The van der Waals surface area contributed by atoms with Gasteiger partial charge in [0.05, 0.1) is 6.61 Å². The summed E-state index contributed by atoms with van der Waals surface area (Å²) in [5.74, 6) is -0.516. The molecule has 0 bridgehead atoms. The minimum absolute atomic E-state index is 0.0315. The molecule has 2 aliphatic rings. The van der Waals surface area contributed by atoms with Crippen molar-refractivity contribution in [3.63, 3.8) is 0 Å². The van der Waals surface area contributed by atoms with Crippen LogP contribution in [0.5, 0.6) is 0 Å². The Kier molecular flexibility index (Phi) is 4.45. The number of nitrogens with one attached hydrogen (secondary N) is 1. The maximum atomic E-state index is 12.0. The SMILES string of the molecule is CC1(C)OCC(CNC(=O)N2CCCCCC2)O1. The molecule has 0 aromatic heterocycles. The van der Waals surface area contributed by atoms with Crippen LogP contribution in [-0.4, -0.2) is 49.1 Å². The molecule has 2 amide bonds. The first-order valence-corrected chi connectivity index (χ1v) is 6.91. The molecule has 2 heterocycles. The van der Waals surface area contributed by atoms with Crippen molar-refractivity contribution in [2.24, 2.45) is 0 Å². The topological polar surface area (TPSA) is 50.8 Å². The van der Waals surface area contributed by atoms with Gasteiger partial charge in [-0.2, -0.15) is 0 Å². The van der Waals surface area contributed by atoms with E-state index in [0.29, 0.717) is 13.2 Å². The number of ether oxygens (including phenoxy) is 2. The lowest BCUT2D eigenvalue weighted by Gasteiger charge is -2.22. The molecule has 2 fully saturated rings. The molecule has 2 aliphatic heterocycles. The minimum Gasteiger partial charge on any atom is -0.348 e. The quantitative estimate of drug-likeness (QED) is 0.818. The zero-order valence-electron chi connectivity index (χ0n) is 11.4. The molecule has 18 heavy (non-hydrogen) atoms. The molecule has 2 rings (SSSR count). The maximum absolute atomic E-state index is 12.0. The Balaban J connectivity index is 1.71. The number of amides is 2. The van der Waals surface area contributed by atoms with Gasteiger partial charge in [0.1, 0.15) is 6.10 Å². The Bertz CT molecular complexity index is 286. The Labute approximate surface area is 109 Å². The third kappa shape index (κ3) is 3.85. The van der Waals surface area contributed by atoms with E-state index in [1.807, 2.05) is 18.7 Å². The Hall–Kier alpha value is -0.810. The van der Waals surface area contributed by atoms with Crippen LogP contribution in [0.2, 0.25) is 0 Å². The fraction of sp³-hybridized carbons (Fsp3) is 0.923. The number of hydrogen-bond donors (Lipinski definition) is 1. The number of urea groups is 1. The second kappa shape index (κ2) is 5.89. The van der Waals surface area contributed by atoms with Crippen LogP contribution in [0.4, 0.5) is 4.79 Å². The van der Waals surface area contributed by atoms with Gasteiger partial charge in [0.25, 0.3) is 0 Å². The van der Waals surface area contributed by atoms with E-state index in [4.69, 9.17) is 9.47 Å². The first-order chi connectivity index (χ1) is 8.57. The number of carbonyl (C=O) groups excluding carboxylic acids is 1. The first kappa shape index (κ1) is 13.6. The number of likely N-dealkylation sites (tertiary alicyclic amines) is 1. The van der Waals surface area contributed by atoms with Crippen molar-refractivity contribution in [1.29, 1.82) is 0 Å². The van der Waals surface area contributed by atoms with Gasteiger partial charge in [-0.1, -0.05) is 12.8 Å². The summed E-state index contributed by atoms with van der Waals surface area (Å²) in [6.07, 6.45) is 4.66. The predicted octanol–water partition coefficient (Wildman–Crippen LogP) is 1.72. The van der Waals surface area contributed by atoms with Gasteiger partial charge in [-0.3, -0.25) is 0 Å². The standard InChI is InChI=1S/C13H24N2O3/c1-13(2)17-10-11(18-13)9-14-12(16)15-7-5-3-4-6-8-15/h11H,3-10H2,1-2H3,(H,14,16). The van der Waals surface area contributed by atoms with Gasteiger partial charge < -0.3 is 19.7 Å². The molecule has 1 N–H and O–H groups in total. The third-order valence-electron chi connectivity index (χ3n) is 3.44. The van der Waals surface area contributed by atoms with E-state index >= 15 is 0 Å². The van der Waals surface area contributed by atoms with Crippen LogP contribution < -0.4 is 5.32 Å². The molecular formula is C13H24N2O3. The molecule has 2 saturated heterocycles. The number of nitrogens with zero attached hydrogens (tertiary/aromatic N) is 1. The van der Waals surface area contributed by atoms with E-state index in [-0.39, 0.29) is 12.1 Å². The number of rotatable bonds is 2. The van der Waals surface area contributed by atoms with Gasteiger partial charge in [-0.15, -0.1) is 0 Å². The highest BCUT2D eigenvalue weighted by atomic mass is 16.7. The van der Waals surface area contributed by atoms with Crippen LogP contribution in [0, 0.1) is 0 Å². The van der Waals surface area contributed by atoms with E-state index in [1.54, 1.807) is 0 Å². The van der Waals surface area contributed by atoms with E-state index < -0.39 is 5.79 Å². The van der Waals surface area contributed by atoms with Gasteiger partial charge in [-0.05, 0) is 26.7 Å². The Morgan fingerprint density at radius 3 is 2.50 bits per heavy atom. The third-order valence-corrected chi connectivity index (χ3v) is 3.44. The van der Waals surface area contributed by atoms with Crippen molar-refractivity contribution in [1.82, 2.24) is 10.2 Å². The second-order valence-corrected chi connectivity index (χ2v) is 5.54. The highest BCUT2D eigenvalue weighted by Crippen LogP contribution is 2.21. The largest absolute Gasteiger partial charge is 0.348 e. The zero-order valence-corrected chi connectivity index (χ0v) is 11.4. The van der Waals surface area contributed by atoms with Crippen molar-refractivity contribution in [2.75, 3.05) is 26.2 Å². The van der Waals surface area contributed by atoms with E-state index in [2.05, 4.69) is 5.32 Å². The van der Waals surface area contributed by atoms with E-state index in [1.165, 1.54) is 12.8 Å². The highest BCUT2D eigenvalue weighted by molar-refractivity contribution is 5.74. The van der Waals surface area contributed by atoms with Crippen molar-refractivity contribution in [3.8, 4) is 0 Å². The molecule has 5 heteroatoms. The average Bonchev–Trinajstić information content (AvgIpc) is 2.57. The van der Waals surface area contributed by atoms with E-state index in [9.17, 15) is 4.79 Å². The van der Waals surface area contributed by atoms with Crippen LogP contribution >= 0.6 is 0 Å². The fourth-order valence-electron chi connectivity index (χ4n) is 2.45. The molecule has 104 valence electrons. The summed E-state index contributed by atoms with van der Waals surface area (Å²) in [4.78, 5) is 13.9. The molecule has 1 atom stereocenters. The monoisotopic (exact) mass is 256 g/mol. The summed E-state index contributed by atoms with van der Waals surface area (Å²) < 4.78 is 11.1. The van der Waals surface area contributed by atoms with Gasteiger partial charge in [0.2, 0.25) is 0 Å². The molecule has 1 unspecified atom stereocenters.